The van der Waals surface area contributed by atoms with Crippen LogP contribution in [0.25, 0.3) is 10.2 Å². The molecule has 0 atom stereocenters. The van der Waals surface area contributed by atoms with E-state index in [4.69, 9.17) is 16.9 Å². The van der Waals surface area contributed by atoms with E-state index in [1.165, 1.54) is 22.0 Å². The van der Waals surface area contributed by atoms with E-state index in [0.29, 0.717) is 31.6 Å². The third-order valence-corrected chi connectivity index (χ3v) is 5.44. The van der Waals surface area contributed by atoms with Crippen LogP contribution in [-0.2, 0) is 11.8 Å². The van der Waals surface area contributed by atoms with Gasteiger partial charge in [0.15, 0.2) is 5.16 Å². The summed E-state index contributed by atoms with van der Waals surface area (Å²) in [5.41, 5.74) is 0.542. The van der Waals surface area contributed by atoms with Crippen LogP contribution < -0.4 is 10.9 Å². The van der Waals surface area contributed by atoms with Crippen molar-refractivity contribution in [3.05, 3.63) is 50.6 Å². The summed E-state index contributed by atoms with van der Waals surface area (Å²) in [6, 6.07) is 8.38. The van der Waals surface area contributed by atoms with Crippen molar-refractivity contribution >= 4 is 56.5 Å². The molecule has 0 spiro atoms. The van der Waals surface area contributed by atoms with Gasteiger partial charge in [0.2, 0.25) is 5.91 Å². The fourth-order valence-electron chi connectivity index (χ4n) is 2.14. The predicted octanol–water partition coefficient (Wildman–Crippen LogP) is 3.25. The van der Waals surface area contributed by atoms with E-state index >= 15 is 0 Å². The van der Waals surface area contributed by atoms with Crippen LogP contribution in [0.15, 0.2) is 39.6 Å². The zero-order valence-electron chi connectivity index (χ0n) is 12.9. The number of carbonyl (C=O) groups is 1. The highest BCUT2D eigenvalue weighted by molar-refractivity contribution is 7.99. The van der Waals surface area contributed by atoms with Crippen molar-refractivity contribution in [2.24, 2.45) is 7.05 Å². The van der Waals surface area contributed by atoms with Crippen LogP contribution in [0.4, 0.5) is 5.69 Å². The van der Waals surface area contributed by atoms with Crippen LogP contribution in [0.5, 0.6) is 0 Å². The molecule has 0 radical (unpaired) electrons. The molecule has 25 heavy (non-hydrogen) atoms. The molecule has 3 aromatic rings. The van der Waals surface area contributed by atoms with Crippen molar-refractivity contribution in [2.45, 2.75) is 5.16 Å². The Bertz CT molecular complexity index is 1070. The smallest absolute Gasteiger partial charge is 0.262 e. The van der Waals surface area contributed by atoms with Crippen molar-refractivity contribution in [3.63, 3.8) is 0 Å². The number of hydrogen-bond donors (Lipinski definition) is 1. The molecule has 6 nitrogen and oxygen atoms in total. The lowest BCUT2D eigenvalue weighted by Crippen LogP contribution is -2.21. The van der Waals surface area contributed by atoms with Gasteiger partial charge in [-0.1, -0.05) is 23.4 Å². The fraction of sp³-hybridized carbons (Fsp3) is 0.125. The zero-order chi connectivity index (χ0) is 18.0. The third kappa shape index (κ3) is 3.69. The van der Waals surface area contributed by atoms with Crippen molar-refractivity contribution in [1.82, 2.24) is 9.55 Å². The normalized spacial score (nSPS) is 10.6. The fourth-order valence-corrected chi connectivity index (χ4v) is 3.89. The Hall–Kier alpha value is -2.34. The number of benzene rings is 1. The van der Waals surface area contributed by atoms with Crippen molar-refractivity contribution in [2.75, 3.05) is 11.1 Å². The molecule has 0 aliphatic heterocycles. The number of hydrogen-bond acceptors (Lipinski definition) is 6. The van der Waals surface area contributed by atoms with E-state index in [2.05, 4.69) is 10.3 Å². The summed E-state index contributed by atoms with van der Waals surface area (Å²) >= 11 is 8.43. The molecule has 0 aliphatic carbocycles. The molecule has 0 saturated heterocycles. The Morgan fingerprint density at radius 1 is 1.48 bits per heavy atom. The van der Waals surface area contributed by atoms with Gasteiger partial charge in [0.25, 0.3) is 5.56 Å². The van der Waals surface area contributed by atoms with E-state index in [9.17, 15) is 9.59 Å². The van der Waals surface area contributed by atoms with Gasteiger partial charge in [-0.15, -0.1) is 11.3 Å². The standard InChI is InChI=1S/C16H11ClN4O2S2/c1-21-15(23)11-4-5-24-14(11)20-16(21)25-8-13(22)19-12-6-10(17)3-2-9(12)7-18/h2-6H,8H2,1H3,(H,19,22). The monoisotopic (exact) mass is 390 g/mol. The van der Waals surface area contributed by atoms with Gasteiger partial charge in [-0.25, -0.2) is 4.98 Å². The van der Waals surface area contributed by atoms with Gasteiger partial charge in [-0.3, -0.25) is 14.2 Å². The number of anilines is 1. The highest BCUT2D eigenvalue weighted by atomic mass is 35.5. The highest BCUT2D eigenvalue weighted by Crippen LogP contribution is 2.23. The number of halogens is 1. The molecule has 1 aromatic carbocycles. The number of nitriles is 1. The molecular weight excluding hydrogens is 380 g/mol. The number of thiophene rings is 1. The Balaban J connectivity index is 1.75. The van der Waals surface area contributed by atoms with E-state index in [-0.39, 0.29) is 17.2 Å². The molecule has 9 heteroatoms. The van der Waals surface area contributed by atoms with Gasteiger partial charge in [0.1, 0.15) is 10.9 Å². The van der Waals surface area contributed by atoms with Crippen LogP contribution in [0.3, 0.4) is 0 Å². The van der Waals surface area contributed by atoms with Crippen LogP contribution >= 0.6 is 34.7 Å². The second kappa shape index (κ2) is 7.27. The van der Waals surface area contributed by atoms with Gasteiger partial charge < -0.3 is 5.32 Å². The molecule has 1 amide bonds. The van der Waals surface area contributed by atoms with Gasteiger partial charge in [-0.05, 0) is 29.6 Å². The molecule has 0 saturated carbocycles. The molecule has 0 unspecified atom stereocenters. The van der Waals surface area contributed by atoms with Crippen LogP contribution in [0.1, 0.15) is 5.56 Å². The minimum atomic E-state index is -0.315. The average Bonchev–Trinajstić information content (AvgIpc) is 3.05. The van der Waals surface area contributed by atoms with Crippen LogP contribution in [0, 0.1) is 11.3 Å². The number of carbonyl (C=O) groups excluding carboxylic acids is 1. The Labute approximate surface area is 156 Å². The molecule has 3 rings (SSSR count). The first-order valence-electron chi connectivity index (χ1n) is 7.06. The second-order valence-electron chi connectivity index (χ2n) is 5.04. The lowest BCUT2D eigenvalue weighted by atomic mass is 10.2. The lowest BCUT2D eigenvalue weighted by Gasteiger charge is -2.09. The lowest BCUT2D eigenvalue weighted by molar-refractivity contribution is -0.113. The van der Waals surface area contributed by atoms with Gasteiger partial charge in [0.05, 0.1) is 22.4 Å². The SMILES string of the molecule is Cn1c(SCC(=O)Nc2cc(Cl)ccc2C#N)nc2sccc2c1=O. The average molecular weight is 391 g/mol. The number of aromatic nitrogens is 2. The topological polar surface area (TPSA) is 87.8 Å². The van der Waals surface area contributed by atoms with E-state index in [0.717, 1.165) is 11.8 Å². The number of thioether (sulfide) groups is 1. The maximum atomic E-state index is 12.2. The maximum absolute atomic E-state index is 12.2. The quantitative estimate of drug-likeness (QED) is 0.545. The Morgan fingerprint density at radius 3 is 3.04 bits per heavy atom. The number of rotatable bonds is 4. The summed E-state index contributed by atoms with van der Waals surface area (Å²) < 4.78 is 1.42. The van der Waals surface area contributed by atoms with Gasteiger partial charge in [-0.2, -0.15) is 5.26 Å². The van der Waals surface area contributed by atoms with Crippen molar-refractivity contribution < 1.29 is 4.79 Å². The number of nitrogens with zero attached hydrogens (tertiary/aromatic N) is 3. The Morgan fingerprint density at radius 2 is 2.28 bits per heavy atom. The summed E-state index contributed by atoms with van der Waals surface area (Å²) in [6.07, 6.45) is 0. The summed E-state index contributed by atoms with van der Waals surface area (Å²) in [5, 5.41) is 15.0. The largest absolute Gasteiger partial charge is 0.324 e. The summed E-state index contributed by atoms with van der Waals surface area (Å²) in [7, 11) is 1.62. The minimum absolute atomic E-state index is 0.0501. The molecule has 1 N–H and O–H groups in total. The number of nitrogens with one attached hydrogen (secondary N) is 1. The molecule has 2 heterocycles. The molecule has 2 aromatic heterocycles. The first kappa shape index (κ1) is 17.5. The van der Waals surface area contributed by atoms with Gasteiger partial charge in [0, 0.05) is 12.1 Å². The van der Waals surface area contributed by atoms with Crippen LogP contribution in [0.2, 0.25) is 5.02 Å². The summed E-state index contributed by atoms with van der Waals surface area (Å²) in [4.78, 5) is 29.5. The van der Waals surface area contributed by atoms with Crippen molar-refractivity contribution in [1.29, 1.82) is 5.26 Å². The van der Waals surface area contributed by atoms with E-state index in [1.54, 1.807) is 25.2 Å². The molecule has 126 valence electrons. The second-order valence-corrected chi connectivity index (χ2v) is 7.31. The first-order chi connectivity index (χ1) is 12.0. The van der Waals surface area contributed by atoms with Crippen molar-refractivity contribution in [3.8, 4) is 6.07 Å². The molecule has 0 fully saturated rings. The molecule has 0 aliphatic rings. The Kier molecular flexibility index (Phi) is 5.08. The zero-order valence-corrected chi connectivity index (χ0v) is 15.3. The summed E-state index contributed by atoms with van der Waals surface area (Å²) in [6.45, 7) is 0. The number of amides is 1. The van der Waals surface area contributed by atoms with Crippen LogP contribution in [-0.4, -0.2) is 21.2 Å². The summed E-state index contributed by atoms with van der Waals surface area (Å²) in [5.74, 6) is -0.265. The first-order valence-corrected chi connectivity index (χ1v) is 9.30. The predicted molar refractivity (Wildman–Crippen MR) is 100 cm³/mol. The van der Waals surface area contributed by atoms with E-state index in [1.807, 2.05) is 11.4 Å². The van der Waals surface area contributed by atoms with Gasteiger partial charge >= 0.3 is 0 Å². The molecular formula is C16H11ClN4O2S2. The maximum Gasteiger partial charge on any atom is 0.262 e. The van der Waals surface area contributed by atoms with E-state index < -0.39 is 0 Å². The highest BCUT2D eigenvalue weighted by Gasteiger charge is 2.13. The number of fused-ring (bicyclic) bond motifs is 1. The molecule has 0 bridgehead atoms. The third-order valence-electron chi connectivity index (χ3n) is 3.37. The minimum Gasteiger partial charge on any atom is -0.324 e.